The molecule has 1 aliphatic rings. The minimum Gasteiger partial charge on any atom is -0.327 e. The molecule has 0 unspecified atom stereocenters. The second kappa shape index (κ2) is 5.27. The van der Waals surface area contributed by atoms with Crippen molar-refractivity contribution in [3.05, 3.63) is 34.9 Å². The first-order chi connectivity index (χ1) is 8.61. The Morgan fingerprint density at radius 3 is 2.78 bits per heavy atom. The van der Waals surface area contributed by atoms with Crippen LogP contribution in [0.2, 0.25) is 0 Å². The SMILES string of the molecule is C#CCN(CC1CC1)C(=O)c1cc(C)ccc1C. The van der Waals surface area contributed by atoms with Crippen molar-refractivity contribution in [1.82, 2.24) is 4.90 Å². The molecular formula is C16H19NO. The lowest BCUT2D eigenvalue weighted by molar-refractivity contribution is 0.0769. The van der Waals surface area contributed by atoms with Gasteiger partial charge in [0.15, 0.2) is 0 Å². The molecule has 0 radical (unpaired) electrons. The fourth-order valence-electron chi connectivity index (χ4n) is 2.08. The predicted octanol–water partition coefficient (Wildman–Crippen LogP) is 2.79. The van der Waals surface area contributed by atoms with Gasteiger partial charge in [0.2, 0.25) is 0 Å². The lowest BCUT2D eigenvalue weighted by Crippen LogP contribution is -2.33. The van der Waals surface area contributed by atoms with E-state index in [1.165, 1.54) is 12.8 Å². The van der Waals surface area contributed by atoms with Gasteiger partial charge in [-0.15, -0.1) is 6.42 Å². The summed E-state index contributed by atoms with van der Waals surface area (Å²) < 4.78 is 0. The average molecular weight is 241 g/mol. The van der Waals surface area contributed by atoms with Gasteiger partial charge >= 0.3 is 0 Å². The Morgan fingerprint density at radius 1 is 1.44 bits per heavy atom. The van der Waals surface area contributed by atoms with Crippen LogP contribution in [0.25, 0.3) is 0 Å². The van der Waals surface area contributed by atoms with Gasteiger partial charge in [-0.05, 0) is 44.2 Å². The number of amides is 1. The molecule has 18 heavy (non-hydrogen) atoms. The summed E-state index contributed by atoms with van der Waals surface area (Å²) in [4.78, 5) is 14.3. The van der Waals surface area contributed by atoms with Crippen LogP contribution in [0.3, 0.4) is 0 Å². The highest BCUT2D eigenvalue weighted by molar-refractivity contribution is 5.96. The van der Waals surface area contributed by atoms with E-state index in [0.717, 1.165) is 23.2 Å². The number of nitrogens with zero attached hydrogens (tertiary/aromatic N) is 1. The summed E-state index contributed by atoms with van der Waals surface area (Å²) in [5.74, 6) is 3.32. The summed E-state index contributed by atoms with van der Waals surface area (Å²) in [5, 5.41) is 0. The Bertz CT molecular complexity index is 494. The zero-order valence-electron chi connectivity index (χ0n) is 11.1. The lowest BCUT2D eigenvalue weighted by Gasteiger charge is -2.21. The van der Waals surface area contributed by atoms with E-state index >= 15 is 0 Å². The van der Waals surface area contributed by atoms with Gasteiger partial charge in [-0.1, -0.05) is 23.6 Å². The van der Waals surface area contributed by atoms with Crippen molar-refractivity contribution in [1.29, 1.82) is 0 Å². The second-order valence-electron chi connectivity index (χ2n) is 5.15. The first kappa shape index (κ1) is 12.7. The standard InChI is InChI=1S/C16H19NO/c1-4-9-17(11-14-7-8-14)16(18)15-10-12(2)5-6-13(15)3/h1,5-6,10,14H,7-9,11H2,2-3H3. The molecular weight excluding hydrogens is 222 g/mol. The maximum Gasteiger partial charge on any atom is 0.254 e. The third-order valence-corrected chi connectivity index (χ3v) is 3.37. The van der Waals surface area contributed by atoms with Crippen LogP contribution in [0.4, 0.5) is 0 Å². The van der Waals surface area contributed by atoms with E-state index in [1.54, 1.807) is 4.90 Å². The monoisotopic (exact) mass is 241 g/mol. The summed E-state index contributed by atoms with van der Waals surface area (Å²) in [5.41, 5.74) is 2.91. The summed E-state index contributed by atoms with van der Waals surface area (Å²) >= 11 is 0. The van der Waals surface area contributed by atoms with E-state index < -0.39 is 0 Å². The van der Waals surface area contributed by atoms with Crippen molar-refractivity contribution in [3.8, 4) is 12.3 Å². The minimum absolute atomic E-state index is 0.0704. The number of rotatable bonds is 4. The molecule has 0 atom stereocenters. The molecule has 1 aliphatic carbocycles. The maximum absolute atomic E-state index is 12.5. The number of hydrogen-bond donors (Lipinski definition) is 0. The molecule has 2 nitrogen and oxygen atoms in total. The largest absolute Gasteiger partial charge is 0.327 e. The number of terminal acetylenes is 1. The molecule has 0 aliphatic heterocycles. The van der Waals surface area contributed by atoms with Crippen LogP contribution in [0.15, 0.2) is 18.2 Å². The maximum atomic E-state index is 12.5. The van der Waals surface area contributed by atoms with E-state index in [-0.39, 0.29) is 5.91 Å². The van der Waals surface area contributed by atoms with Crippen LogP contribution in [-0.4, -0.2) is 23.9 Å². The highest BCUT2D eigenvalue weighted by atomic mass is 16.2. The molecule has 0 spiro atoms. The molecule has 2 rings (SSSR count). The molecule has 0 bridgehead atoms. The number of benzene rings is 1. The molecule has 1 amide bonds. The minimum atomic E-state index is 0.0704. The molecule has 2 heteroatoms. The van der Waals surface area contributed by atoms with Gasteiger partial charge in [0, 0.05) is 12.1 Å². The van der Waals surface area contributed by atoms with E-state index in [9.17, 15) is 4.79 Å². The number of hydrogen-bond acceptors (Lipinski definition) is 1. The van der Waals surface area contributed by atoms with Crippen molar-refractivity contribution in [2.45, 2.75) is 26.7 Å². The van der Waals surface area contributed by atoms with Gasteiger partial charge in [0.05, 0.1) is 6.54 Å². The quantitative estimate of drug-likeness (QED) is 0.742. The third kappa shape index (κ3) is 2.92. The molecule has 0 N–H and O–H groups in total. The summed E-state index contributed by atoms with van der Waals surface area (Å²) in [6, 6.07) is 5.97. The zero-order chi connectivity index (χ0) is 13.1. The van der Waals surface area contributed by atoms with E-state index in [0.29, 0.717) is 12.5 Å². The molecule has 1 fully saturated rings. The van der Waals surface area contributed by atoms with Gasteiger partial charge < -0.3 is 4.90 Å². The Hall–Kier alpha value is -1.75. The molecule has 1 aromatic rings. The van der Waals surface area contributed by atoms with E-state index in [4.69, 9.17) is 6.42 Å². The van der Waals surface area contributed by atoms with E-state index in [2.05, 4.69) is 5.92 Å². The Morgan fingerprint density at radius 2 is 2.17 bits per heavy atom. The number of carbonyl (C=O) groups is 1. The average Bonchev–Trinajstić information content (AvgIpc) is 3.15. The number of aryl methyl sites for hydroxylation is 2. The fourth-order valence-corrected chi connectivity index (χ4v) is 2.08. The van der Waals surface area contributed by atoms with Crippen molar-refractivity contribution in [3.63, 3.8) is 0 Å². The second-order valence-corrected chi connectivity index (χ2v) is 5.15. The van der Waals surface area contributed by atoms with Crippen LogP contribution in [-0.2, 0) is 0 Å². The third-order valence-electron chi connectivity index (χ3n) is 3.37. The van der Waals surface area contributed by atoms with Crippen molar-refractivity contribution < 1.29 is 4.79 Å². The van der Waals surface area contributed by atoms with E-state index in [1.807, 2.05) is 32.0 Å². The van der Waals surface area contributed by atoms with Crippen LogP contribution in [0.5, 0.6) is 0 Å². The fraction of sp³-hybridized carbons (Fsp3) is 0.438. The van der Waals surface area contributed by atoms with Gasteiger partial charge in [0.1, 0.15) is 0 Å². The highest BCUT2D eigenvalue weighted by Gasteiger charge is 2.27. The van der Waals surface area contributed by atoms with Crippen molar-refractivity contribution >= 4 is 5.91 Å². The first-order valence-electron chi connectivity index (χ1n) is 6.42. The summed E-state index contributed by atoms with van der Waals surface area (Å²) in [6.45, 7) is 5.18. The van der Waals surface area contributed by atoms with Gasteiger partial charge in [-0.2, -0.15) is 0 Å². The molecule has 0 saturated heterocycles. The predicted molar refractivity (Wildman–Crippen MR) is 73.4 cm³/mol. The molecule has 94 valence electrons. The summed E-state index contributed by atoms with van der Waals surface area (Å²) in [7, 11) is 0. The first-order valence-corrected chi connectivity index (χ1v) is 6.42. The molecule has 0 aromatic heterocycles. The van der Waals surface area contributed by atoms with Crippen molar-refractivity contribution in [2.24, 2.45) is 5.92 Å². The van der Waals surface area contributed by atoms with Crippen molar-refractivity contribution in [2.75, 3.05) is 13.1 Å². The Balaban J connectivity index is 2.20. The highest BCUT2D eigenvalue weighted by Crippen LogP contribution is 2.30. The van der Waals surface area contributed by atoms with Crippen LogP contribution in [0, 0.1) is 32.1 Å². The van der Waals surface area contributed by atoms with Gasteiger partial charge in [0.25, 0.3) is 5.91 Å². The molecule has 1 saturated carbocycles. The lowest BCUT2D eigenvalue weighted by atomic mass is 10.0. The molecule has 1 aromatic carbocycles. The normalized spacial score (nSPS) is 14.1. The zero-order valence-corrected chi connectivity index (χ0v) is 11.1. The van der Waals surface area contributed by atoms with Crippen LogP contribution >= 0.6 is 0 Å². The van der Waals surface area contributed by atoms with Crippen LogP contribution in [0.1, 0.15) is 34.3 Å². The van der Waals surface area contributed by atoms with Gasteiger partial charge in [-0.25, -0.2) is 0 Å². The van der Waals surface area contributed by atoms with Gasteiger partial charge in [-0.3, -0.25) is 4.79 Å². The smallest absolute Gasteiger partial charge is 0.254 e. The Labute approximate surface area is 109 Å². The number of carbonyl (C=O) groups excluding carboxylic acids is 1. The van der Waals surface area contributed by atoms with Crippen LogP contribution < -0.4 is 0 Å². The topological polar surface area (TPSA) is 20.3 Å². The summed E-state index contributed by atoms with van der Waals surface area (Å²) in [6.07, 6.45) is 7.81. The molecule has 0 heterocycles. The Kier molecular flexibility index (Phi) is 3.72.